The van der Waals surface area contributed by atoms with Crippen LogP contribution in [-0.2, 0) is 19.1 Å². The zero-order chi connectivity index (χ0) is 27.1. The molecule has 11 unspecified atom stereocenters. The summed E-state index contributed by atoms with van der Waals surface area (Å²) in [7, 11) is 1.71. The summed E-state index contributed by atoms with van der Waals surface area (Å²) in [4.78, 5) is 37.8. The normalized spacial score (nSPS) is 43.5. The molecule has 0 radical (unpaired) electrons. The average molecular weight is 527 g/mol. The Hall–Kier alpha value is -2.45. The summed E-state index contributed by atoms with van der Waals surface area (Å²) in [5, 5.41) is 28.0. The zero-order valence-electron chi connectivity index (χ0n) is 22.6. The second kappa shape index (κ2) is 11.0. The first-order chi connectivity index (χ1) is 18.3. The van der Waals surface area contributed by atoms with Gasteiger partial charge in [0, 0.05) is 13.7 Å². The molecular weight excluding hydrogens is 484 g/mol. The van der Waals surface area contributed by atoms with Gasteiger partial charge >= 0.3 is 0 Å². The van der Waals surface area contributed by atoms with Gasteiger partial charge in [0.15, 0.2) is 5.78 Å². The standard InChI is InChI=1S/C30H42N2O6/c1-4-17-15(2)13-19-20-14-16-10-11-22(33)26-27(35)21(32-30(26)37)8-6-12-31-23(34)9-5-7-18(16)24(20)28(36)29(38-3)25(17)19/h5,9-11,15-21,24-25,28-29,33,36H,4,6-8,12-14H2,1-3H3,(H,31,34)(H,32,37). The number of allylic oxidation sites excluding steroid dienone is 3. The van der Waals surface area contributed by atoms with E-state index in [2.05, 4.69) is 24.5 Å². The zero-order valence-corrected chi connectivity index (χ0v) is 22.6. The van der Waals surface area contributed by atoms with Crippen LogP contribution in [-0.4, -0.2) is 59.7 Å². The van der Waals surface area contributed by atoms with Crippen molar-refractivity contribution in [3.8, 4) is 0 Å². The molecule has 4 fully saturated rings. The molecule has 3 saturated carbocycles. The van der Waals surface area contributed by atoms with Gasteiger partial charge in [-0.3, -0.25) is 14.4 Å². The number of ether oxygens (including phenoxy) is 1. The molecule has 1 saturated heterocycles. The summed E-state index contributed by atoms with van der Waals surface area (Å²) in [6.45, 7) is 4.93. The topological polar surface area (TPSA) is 125 Å². The highest BCUT2D eigenvalue weighted by atomic mass is 16.5. The first kappa shape index (κ1) is 27.1. The quantitative estimate of drug-likeness (QED) is 0.410. The maximum atomic E-state index is 12.9. The Labute approximate surface area is 225 Å². The number of fused-ring (bicyclic) bond motifs is 7. The van der Waals surface area contributed by atoms with E-state index in [0.717, 1.165) is 19.3 Å². The van der Waals surface area contributed by atoms with E-state index in [1.165, 1.54) is 6.08 Å². The van der Waals surface area contributed by atoms with Crippen LogP contribution < -0.4 is 10.6 Å². The van der Waals surface area contributed by atoms with Gasteiger partial charge in [0.05, 0.1) is 18.2 Å². The highest BCUT2D eigenvalue weighted by Crippen LogP contribution is 2.61. The molecule has 0 aromatic rings. The molecule has 8 heteroatoms. The van der Waals surface area contributed by atoms with Gasteiger partial charge in [-0.05, 0) is 91.6 Å². The third-order valence-corrected chi connectivity index (χ3v) is 10.3. The summed E-state index contributed by atoms with van der Waals surface area (Å²) < 4.78 is 5.99. The van der Waals surface area contributed by atoms with E-state index < -0.39 is 23.8 Å². The van der Waals surface area contributed by atoms with Crippen molar-refractivity contribution in [2.45, 2.75) is 70.6 Å². The lowest BCUT2D eigenvalue weighted by atomic mass is 9.62. The van der Waals surface area contributed by atoms with E-state index in [1.807, 2.05) is 12.2 Å². The van der Waals surface area contributed by atoms with E-state index >= 15 is 0 Å². The van der Waals surface area contributed by atoms with E-state index in [-0.39, 0.29) is 41.1 Å². The van der Waals surface area contributed by atoms with Crippen molar-refractivity contribution in [2.24, 2.45) is 47.3 Å². The fraction of sp³-hybridized carbons (Fsp3) is 0.700. The Morgan fingerprint density at radius 2 is 1.84 bits per heavy atom. The summed E-state index contributed by atoms with van der Waals surface area (Å²) in [5.41, 5.74) is -0.191. The number of carbonyl (C=O) groups is 3. The van der Waals surface area contributed by atoms with Crippen molar-refractivity contribution in [1.82, 2.24) is 10.6 Å². The van der Waals surface area contributed by atoms with Gasteiger partial charge in [-0.15, -0.1) is 0 Å². The molecule has 2 heterocycles. The van der Waals surface area contributed by atoms with Crippen molar-refractivity contribution in [1.29, 1.82) is 0 Å². The molecule has 0 spiro atoms. The monoisotopic (exact) mass is 526 g/mol. The first-order valence-corrected chi connectivity index (χ1v) is 14.4. The first-order valence-electron chi connectivity index (χ1n) is 14.4. The average Bonchev–Trinajstić information content (AvgIpc) is 3.50. The fourth-order valence-electron chi connectivity index (χ4n) is 8.83. The second-order valence-corrected chi connectivity index (χ2v) is 12.1. The van der Waals surface area contributed by atoms with Crippen LogP contribution in [0.5, 0.6) is 0 Å². The molecule has 0 aromatic heterocycles. The molecule has 0 aromatic carbocycles. The Morgan fingerprint density at radius 1 is 1.08 bits per heavy atom. The minimum atomic E-state index is -0.690. The van der Waals surface area contributed by atoms with Gasteiger partial charge in [0.1, 0.15) is 11.3 Å². The number of amides is 2. The van der Waals surface area contributed by atoms with Crippen molar-refractivity contribution in [3.63, 3.8) is 0 Å². The molecule has 2 aliphatic heterocycles. The van der Waals surface area contributed by atoms with Crippen LogP contribution >= 0.6 is 0 Å². The van der Waals surface area contributed by atoms with E-state index in [4.69, 9.17) is 4.74 Å². The Bertz CT molecular complexity index is 1050. The number of methoxy groups -OCH3 is 1. The molecular formula is C30H42N2O6. The van der Waals surface area contributed by atoms with Gasteiger partial charge in [0.25, 0.3) is 5.91 Å². The van der Waals surface area contributed by atoms with Gasteiger partial charge in [-0.25, -0.2) is 0 Å². The maximum absolute atomic E-state index is 12.9. The lowest BCUT2D eigenvalue weighted by Crippen LogP contribution is -2.53. The lowest BCUT2D eigenvalue weighted by Gasteiger charge is -2.48. The summed E-state index contributed by atoms with van der Waals surface area (Å²) >= 11 is 0. The van der Waals surface area contributed by atoms with E-state index in [1.54, 1.807) is 13.2 Å². The Kier molecular flexibility index (Phi) is 7.83. The van der Waals surface area contributed by atoms with Crippen LogP contribution in [0.3, 0.4) is 0 Å². The molecule has 3 aliphatic carbocycles. The van der Waals surface area contributed by atoms with Crippen LogP contribution in [0.1, 0.15) is 52.4 Å². The van der Waals surface area contributed by atoms with Gasteiger partial charge < -0.3 is 25.6 Å². The van der Waals surface area contributed by atoms with Crippen LogP contribution in [0, 0.1) is 47.3 Å². The molecule has 11 atom stereocenters. The minimum absolute atomic E-state index is 0.000776. The number of Topliss-reactive ketones (excluding diaryl/α,β-unsaturated/α-hetero) is 1. The summed E-state index contributed by atoms with van der Waals surface area (Å²) in [6.07, 6.45) is 10.6. The lowest BCUT2D eigenvalue weighted by molar-refractivity contribution is -0.144. The highest BCUT2D eigenvalue weighted by Gasteiger charge is 2.61. The SMILES string of the molecule is CCC1C(C)CC2C3CC4C=CC(O)=C5C(=O)NC(CCCNC(=O)C=CCC4C3C(O)C(OC)C12)C5=O. The van der Waals surface area contributed by atoms with Gasteiger partial charge in [-0.1, -0.05) is 32.4 Å². The Morgan fingerprint density at radius 3 is 2.58 bits per heavy atom. The van der Waals surface area contributed by atoms with E-state index in [0.29, 0.717) is 55.4 Å². The molecule has 208 valence electrons. The minimum Gasteiger partial charge on any atom is -0.507 e. The number of ketones is 1. The molecule has 4 N–H and O–H groups in total. The number of aliphatic hydroxyl groups excluding tert-OH is 2. The van der Waals surface area contributed by atoms with Crippen molar-refractivity contribution in [3.05, 3.63) is 35.6 Å². The largest absolute Gasteiger partial charge is 0.507 e. The van der Waals surface area contributed by atoms with Crippen LogP contribution in [0.15, 0.2) is 35.6 Å². The number of nitrogens with one attached hydrogen (secondary N) is 2. The predicted octanol–water partition coefficient (Wildman–Crippen LogP) is 2.83. The molecule has 2 amide bonds. The number of carbonyl (C=O) groups excluding carboxylic acids is 3. The van der Waals surface area contributed by atoms with Crippen molar-refractivity contribution < 1.29 is 29.3 Å². The van der Waals surface area contributed by atoms with Crippen LogP contribution in [0.2, 0.25) is 0 Å². The molecule has 5 aliphatic rings. The second-order valence-electron chi connectivity index (χ2n) is 12.1. The van der Waals surface area contributed by atoms with E-state index in [9.17, 15) is 24.6 Å². The molecule has 8 nitrogen and oxygen atoms in total. The number of hydrogen-bond donors (Lipinski definition) is 4. The van der Waals surface area contributed by atoms with Gasteiger partial charge in [-0.2, -0.15) is 0 Å². The third kappa shape index (κ3) is 4.64. The molecule has 2 bridgehead atoms. The third-order valence-electron chi connectivity index (χ3n) is 10.3. The molecule has 38 heavy (non-hydrogen) atoms. The maximum Gasteiger partial charge on any atom is 0.259 e. The highest BCUT2D eigenvalue weighted by molar-refractivity contribution is 6.27. The van der Waals surface area contributed by atoms with Crippen LogP contribution in [0.25, 0.3) is 0 Å². The van der Waals surface area contributed by atoms with Gasteiger partial charge in [0.2, 0.25) is 5.91 Å². The van der Waals surface area contributed by atoms with Crippen LogP contribution in [0.4, 0.5) is 0 Å². The van der Waals surface area contributed by atoms with Crippen molar-refractivity contribution in [2.75, 3.05) is 13.7 Å². The number of aliphatic hydroxyl groups is 2. The predicted molar refractivity (Wildman–Crippen MR) is 142 cm³/mol. The molecule has 5 rings (SSSR count). The van der Waals surface area contributed by atoms with Crippen molar-refractivity contribution >= 4 is 17.6 Å². The Balaban J connectivity index is 1.51. The summed E-state index contributed by atoms with van der Waals surface area (Å²) in [6, 6.07) is -0.690. The number of hydrogen-bond acceptors (Lipinski definition) is 6. The smallest absolute Gasteiger partial charge is 0.259 e. The fourth-order valence-corrected chi connectivity index (χ4v) is 8.83. The number of rotatable bonds is 2. The summed E-state index contributed by atoms with van der Waals surface area (Å²) in [5.74, 6) is 0.766.